The number of halogens is 1. The SMILES string of the molecule is CN(CCCCl)CCc1ccc2c(c1)ncn2C. The van der Waals surface area contributed by atoms with Crippen LogP contribution in [0.3, 0.4) is 0 Å². The van der Waals surface area contributed by atoms with Gasteiger partial charge in [0.15, 0.2) is 0 Å². The number of aryl methyl sites for hydroxylation is 1. The minimum absolute atomic E-state index is 0.740. The lowest BCUT2D eigenvalue weighted by Crippen LogP contribution is -2.22. The molecule has 4 heteroatoms. The van der Waals surface area contributed by atoms with Crippen molar-refractivity contribution >= 4 is 22.6 Å². The fourth-order valence-corrected chi connectivity index (χ4v) is 2.22. The van der Waals surface area contributed by atoms with Crippen molar-refractivity contribution in [1.29, 1.82) is 0 Å². The van der Waals surface area contributed by atoms with E-state index in [0.29, 0.717) is 0 Å². The van der Waals surface area contributed by atoms with Crippen molar-refractivity contribution in [3.8, 4) is 0 Å². The topological polar surface area (TPSA) is 21.1 Å². The summed E-state index contributed by atoms with van der Waals surface area (Å²) in [5, 5.41) is 0. The second-order valence-corrected chi connectivity index (χ2v) is 5.15. The molecule has 0 spiro atoms. The summed E-state index contributed by atoms with van der Waals surface area (Å²) >= 11 is 5.69. The molecule has 98 valence electrons. The highest BCUT2D eigenvalue weighted by Gasteiger charge is 2.03. The molecule has 0 unspecified atom stereocenters. The molecule has 2 aromatic rings. The number of imidazole rings is 1. The smallest absolute Gasteiger partial charge is 0.0955 e. The first-order valence-corrected chi connectivity index (χ1v) is 6.88. The molecule has 1 aromatic heterocycles. The highest BCUT2D eigenvalue weighted by Crippen LogP contribution is 2.14. The van der Waals surface area contributed by atoms with Crippen LogP contribution in [0, 0.1) is 0 Å². The number of hydrogen-bond donors (Lipinski definition) is 0. The molecule has 0 fully saturated rings. The maximum atomic E-state index is 5.69. The van der Waals surface area contributed by atoms with E-state index >= 15 is 0 Å². The summed E-state index contributed by atoms with van der Waals surface area (Å²) in [7, 11) is 4.17. The lowest BCUT2D eigenvalue weighted by atomic mass is 10.1. The van der Waals surface area contributed by atoms with E-state index < -0.39 is 0 Å². The molecule has 0 aliphatic carbocycles. The number of benzene rings is 1. The van der Waals surface area contributed by atoms with Gasteiger partial charge >= 0.3 is 0 Å². The predicted octanol–water partition coefficient (Wildman–Crippen LogP) is 2.68. The molecule has 0 saturated carbocycles. The van der Waals surface area contributed by atoms with Crippen LogP contribution in [0.2, 0.25) is 0 Å². The van der Waals surface area contributed by atoms with E-state index in [-0.39, 0.29) is 0 Å². The van der Waals surface area contributed by atoms with Gasteiger partial charge in [-0.05, 0) is 44.1 Å². The van der Waals surface area contributed by atoms with Gasteiger partial charge in [0.25, 0.3) is 0 Å². The summed E-state index contributed by atoms with van der Waals surface area (Å²) in [4.78, 5) is 6.71. The molecule has 3 nitrogen and oxygen atoms in total. The summed E-state index contributed by atoms with van der Waals surface area (Å²) < 4.78 is 2.05. The third-order valence-electron chi connectivity index (χ3n) is 3.25. The molecule has 1 heterocycles. The van der Waals surface area contributed by atoms with Crippen LogP contribution >= 0.6 is 11.6 Å². The minimum Gasteiger partial charge on any atom is -0.334 e. The van der Waals surface area contributed by atoms with Crippen molar-refractivity contribution in [3.05, 3.63) is 30.1 Å². The summed E-state index contributed by atoms with van der Waals surface area (Å²) in [6, 6.07) is 6.53. The first-order chi connectivity index (χ1) is 8.70. The summed E-state index contributed by atoms with van der Waals surface area (Å²) in [6.45, 7) is 2.13. The second kappa shape index (κ2) is 6.21. The zero-order valence-corrected chi connectivity index (χ0v) is 11.8. The van der Waals surface area contributed by atoms with E-state index in [1.54, 1.807) is 0 Å². The zero-order valence-electron chi connectivity index (χ0n) is 11.1. The van der Waals surface area contributed by atoms with E-state index in [1.165, 1.54) is 11.1 Å². The third kappa shape index (κ3) is 3.24. The fourth-order valence-electron chi connectivity index (χ4n) is 2.10. The molecular formula is C14H20ClN3. The van der Waals surface area contributed by atoms with Gasteiger partial charge in [-0.25, -0.2) is 4.98 Å². The van der Waals surface area contributed by atoms with Crippen LogP contribution in [0.1, 0.15) is 12.0 Å². The average Bonchev–Trinajstić information content (AvgIpc) is 2.75. The van der Waals surface area contributed by atoms with E-state index in [1.807, 2.05) is 17.9 Å². The Kier molecular flexibility index (Phi) is 4.61. The Labute approximate surface area is 113 Å². The average molecular weight is 266 g/mol. The summed E-state index contributed by atoms with van der Waals surface area (Å²) in [6.07, 6.45) is 3.98. The quantitative estimate of drug-likeness (QED) is 0.749. The molecule has 0 amide bonds. The monoisotopic (exact) mass is 265 g/mol. The standard InChI is InChI=1S/C14H20ClN3/c1-17(8-3-7-15)9-6-12-4-5-14-13(10-12)16-11-18(14)2/h4-5,10-11H,3,6-9H2,1-2H3. The van der Waals surface area contributed by atoms with Crippen molar-refractivity contribution in [1.82, 2.24) is 14.5 Å². The van der Waals surface area contributed by atoms with Gasteiger partial charge in [-0.15, -0.1) is 11.6 Å². The van der Waals surface area contributed by atoms with Gasteiger partial charge in [-0.2, -0.15) is 0 Å². The van der Waals surface area contributed by atoms with Crippen LogP contribution in [0.25, 0.3) is 11.0 Å². The molecular weight excluding hydrogens is 246 g/mol. The Morgan fingerprint density at radius 3 is 2.94 bits per heavy atom. The molecule has 0 radical (unpaired) electrons. The van der Waals surface area contributed by atoms with Crippen molar-refractivity contribution in [2.24, 2.45) is 7.05 Å². The number of rotatable bonds is 6. The maximum Gasteiger partial charge on any atom is 0.0955 e. The van der Waals surface area contributed by atoms with Crippen molar-refractivity contribution in [2.45, 2.75) is 12.8 Å². The summed E-state index contributed by atoms with van der Waals surface area (Å²) in [5.41, 5.74) is 3.62. The largest absolute Gasteiger partial charge is 0.334 e. The van der Waals surface area contributed by atoms with Gasteiger partial charge in [-0.1, -0.05) is 6.07 Å². The zero-order chi connectivity index (χ0) is 13.0. The van der Waals surface area contributed by atoms with Gasteiger partial charge in [0, 0.05) is 19.5 Å². The lowest BCUT2D eigenvalue weighted by Gasteiger charge is -2.15. The number of hydrogen-bond acceptors (Lipinski definition) is 2. The Morgan fingerprint density at radius 2 is 2.17 bits per heavy atom. The van der Waals surface area contributed by atoms with Crippen LogP contribution < -0.4 is 0 Å². The molecule has 0 atom stereocenters. The number of nitrogens with zero attached hydrogens (tertiary/aromatic N) is 3. The van der Waals surface area contributed by atoms with Gasteiger partial charge in [-0.3, -0.25) is 0 Å². The molecule has 1 aromatic carbocycles. The lowest BCUT2D eigenvalue weighted by molar-refractivity contribution is 0.340. The Bertz CT molecular complexity index is 507. The normalized spacial score (nSPS) is 11.6. The molecule has 0 aliphatic rings. The van der Waals surface area contributed by atoms with E-state index in [4.69, 9.17) is 11.6 Å². The number of fused-ring (bicyclic) bond motifs is 1. The maximum absolute atomic E-state index is 5.69. The Hall–Kier alpha value is -1.06. The van der Waals surface area contributed by atoms with E-state index in [0.717, 1.165) is 37.3 Å². The molecule has 0 aliphatic heterocycles. The minimum atomic E-state index is 0.740. The van der Waals surface area contributed by atoms with Gasteiger partial charge < -0.3 is 9.47 Å². The van der Waals surface area contributed by atoms with Crippen LogP contribution in [-0.2, 0) is 13.5 Å². The van der Waals surface area contributed by atoms with Crippen molar-refractivity contribution in [3.63, 3.8) is 0 Å². The predicted molar refractivity (Wildman–Crippen MR) is 77.3 cm³/mol. The number of likely N-dealkylation sites (N-methyl/N-ethyl adjacent to an activating group) is 1. The van der Waals surface area contributed by atoms with Crippen LogP contribution in [0.5, 0.6) is 0 Å². The summed E-state index contributed by atoms with van der Waals surface area (Å²) in [5.74, 6) is 0.740. The molecule has 0 bridgehead atoms. The van der Waals surface area contributed by atoms with Crippen LogP contribution in [-0.4, -0.2) is 40.5 Å². The highest BCUT2D eigenvalue weighted by molar-refractivity contribution is 6.17. The van der Waals surface area contributed by atoms with Gasteiger partial charge in [0.2, 0.25) is 0 Å². The molecule has 0 N–H and O–H groups in total. The van der Waals surface area contributed by atoms with Crippen LogP contribution in [0.4, 0.5) is 0 Å². The van der Waals surface area contributed by atoms with Crippen molar-refractivity contribution < 1.29 is 0 Å². The van der Waals surface area contributed by atoms with E-state index in [2.05, 4.69) is 35.1 Å². The first-order valence-electron chi connectivity index (χ1n) is 6.35. The van der Waals surface area contributed by atoms with Gasteiger partial charge in [0.05, 0.1) is 17.4 Å². The second-order valence-electron chi connectivity index (χ2n) is 4.77. The Morgan fingerprint density at radius 1 is 1.33 bits per heavy atom. The first kappa shape index (κ1) is 13.4. The fraction of sp³-hybridized carbons (Fsp3) is 0.500. The molecule has 2 rings (SSSR count). The Balaban J connectivity index is 1.95. The van der Waals surface area contributed by atoms with E-state index in [9.17, 15) is 0 Å². The van der Waals surface area contributed by atoms with Crippen molar-refractivity contribution in [2.75, 3.05) is 26.0 Å². The molecule has 18 heavy (non-hydrogen) atoms. The highest BCUT2D eigenvalue weighted by atomic mass is 35.5. The van der Waals surface area contributed by atoms with Crippen LogP contribution in [0.15, 0.2) is 24.5 Å². The number of aromatic nitrogens is 2. The third-order valence-corrected chi connectivity index (χ3v) is 3.51. The van der Waals surface area contributed by atoms with Gasteiger partial charge in [0.1, 0.15) is 0 Å². The molecule has 0 saturated heterocycles. The number of alkyl halides is 1.